The molecule has 1 aliphatic carbocycles. The van der Waals surface area contributed by atoms with Crippen LogP contribution in [0.25, 0.3) is 0 Å². The third kappa shape index (κ3) is 6.51. The smallest absolute Gasteiger partial charge is 0.224 e. The van der Waals surface area contributed by atoms with Crippen molar-refractivity contribution in [2.24, 2.45) is 17.8 Å². The van der Waals surface area contributed by atoms with Crippen molar-refractivity contribution in [3.63, 3.8) is 0 Å². The third-order valence-electron chi connectivity index (χ3n) is 9.77. The molecule has 3 atom stereocenters. The summed E-state index contributed by atoms with van der Waals surface area (Å²) in [5.41, 5.74) is 5.55. The van der Waals surface area contributed by atoms with Gasteiger partial charge in [-0.2, -0.15) is 0 Å². The van der Waals surface area contributed by atoms with Crippen molar-refractivity contribution < 1.29 is 9.90 Å². The van der Waals surface area contributed by atoms with Crippen LogP contribution in [0.1, 0.15) is 108 Å². The number of nitrogens with zero attached hydrogens (tertiary/aromatic N) is 1. The Bertz CT molecular complexity index is 1070. The highest BCUT2D eigenvalue weighted by atomic mass is 16.3. The molecule has 2 fully saturated rings. The first kappa shape index (κ1) is 28.8. The molecule has 0 radical (unpaired) electrons. The lowest BCUT2D eigenvalue weighted by Gasteiger charge is -2.49. The first-order chi connectivity index (χ1) is 18.1. The van der Waals surface area contributed by atoms with E-state index in [-0.39, 0.29) is 23.3 Å². The molecule has 2 aromatic rings. The van der Waals surface area contributed by atoms with Crippen LogP contribution in [-0.2, 0) is 10.2 Å². The SMILES string of the molecule is CCC(C)(C)c1cccc(NC(=O)C[C@H]2CCCN(C(O)c3c(C)cccc3C)[C@H]2C2CCC(C)CC2)c1. The fourth-order valence-electron chi connectivity index (χ4n) is 6.99. The van der Waals surface area contributed by atoms with Crippen LogP contribution in [0, 0.1) is 31.6 Å². The minimum absolute atomic E-state index is 0.0810. The first-order valence-electron chi connectivity index (χ1n) is 15.0. The number of aryl methyl sites for hydroxylation is 2. The molecule has 38 heavy (non-hydrogen) atoms. The van der Waals surface area contributed by atoms with Gasteiger partial charge < -0.3 is 10.4 Å². The molecule has 1 saturated heterocycles. The Labute approximate surface area is 231 Å². The van der Waals surface area contributed by atoms with E-state index in [2.05, 4.69) is 88.2 Å². The Hall–Kier alpha value is -2.17. The summed E-state index contributed by atoms with van der Waals surface area (Å²) in [6.07, 6.45) is 7.85. The molecule has 4 nitrogen and oxygen atoms in total. The highest BCUT2D eigenvalue weighted by Crippen LogP contribution is 2.43. The average Bonchev–Trinajstić information content (AvgIpc) is 2.89. The van der Waals surface area contributed by atoms with Crippen LogP contribution in [0.4, 0.5) is 5.69 Å². The number of nitrogens with one attached hydrogen (secondary N) is 1. The average molecular weight is 519 g/mol. The van der Waals surface area contributed by atoms with E-state index in [1.54, 1.807) is 0 Å². The molecule has 1 aliphatic heterocycles. The molecule has 208 valence electrons. The zero-order chi connectivity index (χ0) is 27.4. The lowest BCUT2D eigenvalue weighted by molar-refractivity contribution is -0.122. The van der Waals surface area contributed by atoms with Gasteiger partial charge in [0, 0.05) is 30.3 Å². The minimum Gasteiger partial charge on any atom is -0.374 e. The van der Waals surface area contributed by atoms with E-state index in [9.17, 15) is 9.90 Å². The maximum atomic E-state index is 13.5. The standard InChI is InChI=1S/C34H50N2O2/c1-7-34(5,6)28-14-9-15-29(22-28)35-30(37)21-27-13-10-20-36(32(27)26-18-16-23(2)17-19-26)33(38)31-24(3)11-8-12-25(31)4/h8-9,11-12,14-15,22-23,26-27,32-33,38H,7,10,13,16-21H2,1-6H3,(H,35,37)/t23?,26?,27-,32+,33?/m1/s1. The van der Waals surface area contributed by atoms with E-state index in [1.807, 2.05) is 6.07 Å². The van der Waals surface area contributed by atoms with Crippen LogP contribution in [0.5, 0.6) is 0 Å². The first-order valence-corrected chi connectivity index (χ1v) is 15.0. The van der Waals surface area contributed by atoms with Crippen LogP contribution in [0.2, 0.25) is 0 Å². The molecule has 0 bridgehead atoms. The number of benzene rings is 2. The predicted molar refractivity (Wildman–Crippen MR) is 158 cm³/mol. The van der Waals surface area contributed by atoms with Crippen LogP contribution in [-0.4, -0.2) is 28.5 Å². The molecule has 0 aromatic heterocycles. The lowest BCUT2D eigenvalue weighted by Crippen LogP contribution is -2.52. The summed E-state index contributed by atoms with van der Waals surface area (Å²) in [5.74, 6) is 1.64. The second kappa shape index (κ2) is 12.3. The summed E-state index contributed by atoms with van der Waals surface area (Å²) >= 11 is 0. The van der Waals surface area contributed by atoms with Gasteiger partial charge in [0.05, 0.1) is 0 Å². The molecule has 2 aliphatic rings. The Morgan fingerprint density at radius 1 is 1.05 bits per heavy atom. The number of likely N-dealkylation sites (tertiary alicyclic amines) is 1. The van der Waals surface area contributed by atoms with Crippen molar-refractivity contribution in [2.45, 2.75) is 111 Å². The molecule has 1 saturated carbocycles. The normalized spacial score (nSPS) is 25.7. The van der Waals surface area contributed by atoms with Gasteiger partial charge in [-0.15, -0.1) is 0 Å². The van der Waals surface area contributed by atoms with Crippen molar-refractivity contribution in [2.75, 3.05) is 11.9 Å². The minimum atomic E-state index is -0.626. The zero-order valence-electron chi connectivity index (χ0n) is 24.6. The number of piperidine rings is 1. The number of carbonyl (C=O) groups is 1. The number of anilines is 1. The molecule has 2 N–H and O–H groups in total. The van der Waals surface area contributed by atoms with Crippen LogP contribution in [0.15, 0.2) is 42.5 Å². The summed E-state index contributed by atoms with van der Waals surface area (Å²) in [6, 6.07) is 14.9. The second-order valence-corrected chi connectivity index (χ2v) is 12.9. The van der Waals surface area contributed by atoms with Crippen molar-refractivity contribution in [3.05, 3.63) is 64.7 Å². The van der Waals surface area contributed by atoms with E-state index in [0.29, 0.717) is 12.3 Å². The van der Waals surface area contributed by atoms with Crippen molar-refractivity contribution >= 4 is 11.6 Å². The highest BCUT2D eigenvalue weighted by molar-refractivity contribution is 5.91. The predicted octanol–water partition coefficient (Wildman–Crippen LogP) is 7.92. The monoisotopic (exact) mass is 518 g/mol. The Morgan fingerprint density at radius 3 is 2.37 bits per heavy atom. The highest BCUT2D eigenvalue weighted by Gasteiger charge is 2.42. The van der Waals surface area contributed by atoms with E-state index in [0.717, 1.165) is 54.1 Å². The number of hydrogen-bond acceptors (Lipinski definition) is 3. The van der Waals surface area contributed by atoms with Gasteiger partial charge in [0.25, 0.3) is 0 Å². The summed E-state index contributed by atoms with van der Waals surface area (Å²) < 4.78 is 0. The van der Waals surface area contributed by atoms with Crippen molar-refractivity contribution in [1.82, 2.24) is 4.90 Å². The van der Waals surface area contributed by atoms with Crippen molar-refractivity contribution in [1.29, 1.82) is 0 Å². The molecule has 0 spiro atoms. The van der Waals surface area contributed by atoms with E-state index in [4.69, 9.17) is 0 Å². The summed E-state index contributed by atoms with van der Waals surface area (Å²) in [6.45, 7) is 14.2. The number of carbonyl (C=O) groups excluding carboxylic acids is 1. The van der Waals surface area contributed by atoms with E-state index in [1.165, 1.54) is 31.2 Å². The third-order valence-corrected chi connectivity index (χ3v) is 9.77. The summed E-state index contributed by atoms with van der Waals surface area (Å²) in [4.78, 5) is 15.8. The number of aliphatic hydroxyl groups excluding tert-OH is 1. The topological polar surface area (TPSA) is 52.6 Å². The Balaban J connectivity index is 1.56. The van der Waals surface area contributed by atoms with Crippen molar-refractivity contribution in [3.8, 4) is 0 Å². The van der Waals surface area contributed by atoms with Crippen LogP contribution >= 0.6 is 0 Å². The zero-order valence-corrected chi connectivity index (χ0v) is 24.6. The molecular formula is C34H50N2O2. The largest absolute Gasteiger partial charge is 0.374 e. The Morgan fingerprint density at radius 2 is 1.71 bits per heavy atom. The van der Waals surface area contributed by atoms with E-state index < -0.39 is 6.23 Å². The summed E-state index contributed by atoms with van der Waals surface area (Å²) in [7, 11) is 0. The quantitative estimate of drug-likeness (QED) is 0.373. The number of aliphatic hydroxyl groups is 1. The number of rotatable bonds is 8. The molecule has 2 aromatic carbocycles. The van der Waals surface area contributed by atoms with E-state index >= 15 is 0 Å². The van der Waals surface area contributed by atoms with Crippen LogP contribution in [0.3, 0.4) is 0 Å². The van der Waals surface area contributed by atoms with Gasteiger partial charge in [-0.25, -0.2) is 0 Å². The van der Waals surface area contributed by atoms with Gasteiger partial charge >= 0.3 is 0 Å². The number of hydrogen-bond donors (Lipinski definition) is 2. The number of amides is 1. The van der Waals surface area contributed by atoms with Gasteiger partial charge in [-0.05, 0) is 97.9 Å². The molecule has 4 heteroatoms. The van der Waals surface area contributed by atoms with Gasteiger partial charge in [-0.1, -0.05) is 70.9 Å². The molecule has 1 amide bonds. The summed E-state index contributed by atoms with van der Waals surface area (Å²) in [5, 5.41) is 15.0. The lowest BCUT2D eigenvalue weighted by atomic mass is 9.71. The maximum Gasteiger partial charge on any atom is 0.224 e. The second-order valence-electron chi connectivity index (χ2n) is 12.9. The Kier molecular flexibility index (Phi) is 9.36. The van der Waals surface area contributed by atoms with Crippen LogP contribution < -0.4 is 5.32 Å². The molecule has 4 rings (SSSR count). The fourth-order valence-corrected chi connectivity index (χ4v) is 6.99. The van der Waals surface area contributed by atoms with Gasteiger partial charge in [0.15, 0.2) is 0 Å². The molecule has 1 heterocycles. The van der Waals surface area contributed by atoms with Gasteiger partial charge in [0.2, 0.25) is 5.91 Å². The maximum absolute atomic E-state index is 13.5. The van der Waals surface area contributed by atoms with Gasteiger partial charge in [0.1, 0.15) is 6.23 Å². The fraction of sp³-hybridized carbons (Fsp3) is 0.618. The molecular weight excluding hydrogens is 468 g/mol. The molecule has 1 unspecified atom stereocenters. The van der Waals surface area contributed by atoms with Gasteiger partial charge in [-0.3, -0.25) is 9.69 Å².